The number of pyridine rings is 1. The maximum absolute atomic E-state index is 12.5. The molecule has 3 rings (SSSR count). The standard InChI is InChI=1S/C14H16F3N3OS/c15-14(16,17)12-2-1-11(7-18-12)20-8-10(9-20)13(21)19-3-5-22-6-4-19/h1-2,7,10H,3-6,8-9H2. The molecule has 0 N–H and O–H groups in total. The molecule has 0 aliphatic carbocycles. The molecule has 1 aromatic heterocycles. The minimum Gasteiger partial charge on any atom is -0.369 e. The second-order valence-electron chi connectivity index (χ2n) is 5.44. The minimum atomic E-state index is -4.42. The Labute approximate surface area is 130 Å². The normalized spacial score (nSPS) is 20.0. The van der Waals surface area contributed by atoms with Crippen molar-refractivity contribution in [2.24, 2.45) is 5.92 Å². The third kappa shape index (κ3) is 3.16. The van der Waals surface area contributed by atoms with Gasteiger partial charge in [-0.15, -0.1) is 0 Å². The molecule has 2 fully saturated rings. The van der Waals surface area contributed by atoms with Crippen LogP contribution < -0.4 is 4.90 Å². The molecule has 3 heterocycles. The summed E-state index contributed by atoms with van der Waals surface area (Å²) in [4.78, 5) is 19.5. The summed E-state index contributed by atoms with van der Waals surface area (Å²) in [7, 11) is 0. The number of rotatable bonds is 2. The predicted octanol–water partition coefficient (Wildman–Crippen LogP) is 2.11. The maximum atomic E-state index is 12.5. The van der Waals surface area contributed by atoms with E-state index in [4.69, 9.17) is 0 Å². The first-order valence-electron chi connectivity index (χ1n) is 7.10. The van der Waals surface area contributed by atoms with E-state index in [2.05, 4.69) is 4.98 Å². The molecule has 0 saturated carbocycles. The Morgan fingerprint density at radius 3 is 2.45 bits per heavy atom. The van der Waals surface area contributed by atoms with Gasteiger partial charge in [-0.2, -0.15) is 24.9 Å². The Bertz CT molecular complexity index is 537. The highest BCUT2D eigenvalue weighted by atomic mass is 32.2. The number of alkyl halides is 3. The SMILES string of the molecule is O=C(C1CN(c2ccc(C(F)(F)F)nc2)C1)N1CCSCC1. The molecule has 0 unspecified atom stereocenters. The fourth-order valence-electron chi connectivity index (χ4n) is 2.63. The molecule has 8 heteroatoms. The van der Waals surface area contributed by atoms with E-state index in [0.29, 0.717) is 18.8 Å². The average molecular weight is 331 g/mol. The Hall–Kier alpha value is -1.44. The summed E-state index contributed by atoms with van der Waals surface area (Å²) in [5.41, 5.74) is -0.263. The first-order chi connectivity index (χ1) is 10.4. The van der Waals surface area contributed by atoms with E-state index in [9.17, 15) is 18.0 Å². The highest BCUT2D eigenvalue weighted by Crippen LogP contribution is 2.30. The minimum absolute atomic E-state index is 0.0506. The van der Waals surface area contributed by atoms with Crippen LogP contribution in [0.5, 0.6) is 0 Å². The van der Waals surface area contributed by atoms with Gasteiger partial charge in [-0.3, -0.25) is 4.79 Å². The number of anilines is 1. The topological polar surface area (TPSA) is 36.4 Å². The van der Waals surface area contributed by atoms with Crippen LogP contribution in [0.25, 0.3) is 0 Å². The number of hydrogen-bond acceptors (Lipinski definition) is 4. The lowest BCUT2D eigenvalue weighted by Crippen LogP contribution is -2.55. The van der Waals surface area contributed by atoms with Gasteiger partial charge in [0.2, 0.25) is 5.91 Å². The van der Waals surface area contributed by atoms with Crippen molar-refractivity contribution in [3.63, 3.8) is 0 Å². The molecule has 1 amide bonds. The van der Waals surface area contributed by atoms with E-state index in [1.165, 1.54) is 12.3 Å². The molecule has 0 atom stereocenters. The number of aromatic nitrogens is 1. The van der Waals surface area contributed by atoms with Crippen LogP contribution in [0.4, 0.5) is 18.9 Å². The van der Waals surface area contributed by atoms with Crippen LogP contribution in [0, 0.1) is 5.92 Å². The van der Waals surface area contributed by atoms with Gasteiger partial charge in [0.25, 0.3) is 0 Å². The number of halogens is 3. The largest absolute Gasteiger partial charge is 0.433 e. The molecule has 4 nitrogen and oxygen atoms in total. The van der Waals surface area contributed by atoms with E-state index in [-0.39, 0.29) is 11.8 Å². The molecule has 120 valence electrons. The van der Waals surface area contributed by atoms with Gasteiger partial charge in [-0.05, 0) is 12.1 Å². The van der Waals surface area contributed by atoms with Crippen LogP contribution >= 0.6 is 11.8 Å². The van der Waals surface area contributed by atoms with Crippen LogP contribution in [0.1, 0.15) is 5.69 Å². The van der Waals surface area contributed by atoms with E-state index >= 15 is 0 Å². The second kappa shape index (κ2) is 5.98. The van der Waals surface area contributed by atoms with Crippen molar-refractivity contribution in [2.45, 2.75) is 6.18 Å². The number of carbonyl (C=O) groups excluding carboxylic acids is 1. The number of hydrogen-bond donors (Lipinski definition) is 0. The molecule has 0 radical (unpaired) electrons. The van der Waals surface area contributed by atoms with Gasteiger partial charge in [-0.25, -0.2) is 4.98 Å². The van der Waals surface area contributed by atoms with Crippen LogP contribution in [-0.4, -0.2) is 53.5 Å². The summed E-state index contributed by atoms with van der Waals surface area (Å²) in [5, 5.41) is 0. The Balaban J connectivity index is 1.55. The van der Waals surface area contributed by atoms with Gasteiger partial charge in [-0.1, -0.05) is 0 Å². The third-order valence-electron chi connectivity index (χ3n) is 3.96. The average Bonchev–Trinajstić information content (AvgIpc) is 2.46. The van der Waals surface area contributed by atoms with Crippen LogP contribution in [-0.2, 0) is 11.0 Å². The summed E-state index contributed by atoms with van der Waals surface area (Å²) in [6, 6.07) is 2.39. The van der Waals surface area contributed by atoms with Crippen molar-refractivity contribution >= 4 is 23.4 Å². The number of thioether (sulfide) groups is 1. The molecule has 1 aromatic rings. The van der Waals surface area contributed by atoms with Gasteiger partial charge in [0.15, 0.2) is 0 Å². The van der Waals surface area contributed by atoms with Crippen molar-refractivity contribution in [1.82, 2.24) is 9.88 Å². The number of nitrogens with zero attached hydrogens (tertiary/aromatic N) is 3. The summed E-state index contributed by atoms with van der Waals surface area (Å²) in [5.74, 6) is 2.07. The zero-order valence-electron chi connectivity index (χ0n) is 11.8. The lowest BCUT2D eigenvalue weighted by molar-refractivity contribution is -0.141. The number of carbonyl (C=O) groups is 1. The summed E-state index contributed by atoms with van der Waals surface area (Å²) in [6.07, 6.45) is -3.20. The third-order valence-corrected chi connectivity index (χ3v) is 4.90. The Kier molecular flexibility index (Phi) is 4.20. The Morgan fingerprint density at radius 1 is 1.23 bits per heavy atom. The van der Waals surface area contributed by atoms with Gasteiger partial charge in [0.1, 0.15) is 5.69 Å². The zero-order chi connectivity index (χ0) is 15.7. The van der Waals surface area contributed by atoms with Gasteiger partial charge < -0.3 is 9.80 Å². The predicted molar refractivity (Wildman–Crippen MR) is 78.8 cm³/mol. The van der Waals surface area contributed by atoms with Gasteiger partial charge >= 0.3 is 6.18 Å². The highest BCUT2D eigenvalue weighted by Gasteiger charge is 2.37. The Morgan fingerprint density at radius 2 is 1.91 bits per heavy atom. The van der Waals surface area contributed by atoms with Crippen LogP contribution in [0.15, 0.2) is 18.3 Å². The summed E-state index contributed by atoms with van der Waals surface area (Å²) < 4.78 is 37.4. The van der Waals surface area contributed by atoms with Crippen LogP contribution in [0.3, 0.4) is 0 Å². The van der Waals surface area contributed by atoms with Crippen molar-refractivity contribution in [3.8, 4) is 0 Å². The number of amides is 1. The quantitative estimate of drug-likeness (QED) is 0.832. The molecule has 2 saturated heterocycles. The molecule has 0 spiro atoms. The fraction of sp³-hybridized carbons (Fsp3) is 0.571. The van der Waals surface area contributed by atoms with Crippen LogP contribution in [0.2, 0.25) is 0 Å². The molecule has 0 bridgehead atoms. The molecular weight excluding hydrogens is 315 g/mol. The molecule has 22 heavy (non-hydrogen) atoms. The van der Waals surface area contributed by atoms with Crippen molar-refractivity contribution < 1.29 is 18.0 Å². The van der Waals surface area contributed by atoms with E-state index in [1.54, 1.807) is 0 Å². The first kappa shape index (κ1) is 15.5. The second-order valence-corrected chi connectivity index (χ2v) is 6.66. The molecule has 2 aliphatic rings. The lowest BCUT2D eigenvalue weighted by Gasteiger charge is -2.42. The highest BCUT2D eigenvalue weighted by molar-refractivity contribution is 7.99. The molecular formula is C14H16F3N3OS. The summed E-state index contributed by atoms with van der Waals surface area (Å²) in [6.45, 7) is 2.69. The molecule has 2 aliphatic heterocycles. The first-order valence-corrected chi connectivity index (χ1v) is 8.25. The van der Waals surface area contributed by atoms with E-state index in [1.807, 2.05) is 21.6 Å². The van der Waals surface area contributed by atoms with Gasteiger partial charge in [0, 0.05) is 37.7 Å². The van der Waals surface area contributed by atoms with Crippen molar-refractivity contribution in [1.29, 1.82) is 0 Å². The van der Waals surface area contributed by atoms with Crippen molar-refractivity contribution in [3.05, 3.63) is 24.0 Å². The smallest absolute Gasteiger partial charge is 0.369 e. The van der Waals surface area contributed by atoms with Gasteiger partial charge in [0.05, 0.1) is 17.8 Å². The maximum Gasteiger partial charge on any atom is 0.433 e. The lowest BCUT2D eigenvalue weighted by atomic mass is 9.97. The monoisotopic (exact) mass is 331 g/mol. The molecule has 0 aromatic carbocycles. The van der Waals surface area contributed by atoms with Crippen molar-refractivity contribution in [2.75, 3.05) is 42.6 Å². The van der Waals surface area contributed by atoms with E-state index in [0.717, 1.165) is 30.7 Å². The summed E-state index contributed by atoms with van der Waals surface area (Å²) >= 11 is 1.85. The fourth-order valence-corrected chi connectivity index (χ4v) is 3.53. The zero-order valence-corrected chi connectivity index (χ0v) is 12.7. The van der Waals surface area contributed by atoms with E-state index < -0.39 is 11.9 Å².